The fourth-order valence-electron chi connectivity index (χ4n) is 2.69. The van der Waals surface area contributed by atoms with Crippen molar-refractivity contribution in [3.8, 4) is 0 Å². The Balaban J connectivity index is 1.95. The van der Waals surface area contributed by atoms with Crippen LogP contribution in [0.2, 0.25) is 0 Å². The van der Waals surface area contributed by atoms with Crippen molar-refractivity contribution in [3.63, 3.8) is 0 Å². The van der Waals surface area contributed by atoms with Crippen LogP contribution in [-0.4, -0.2) is 18.9 Å². The minimum Gasteiger partial charge on any atom is -0.422 e. The van der Waals surface area contributed by atoms with Gasteiger partial charge in [-0.1, -0.05) is 6.07 Å². The zero-order valence-electron chi connectivity index (χ0n) is 14.2. The summed E-state index contributed by atoms with van der Waals surface area (Å²) in [4.78, 5) is 27.7. The SMILES string of the molecule is CCN(CC)c1ccc2cc(C(=O)C=Cc3cccs3)c(=O)oc2c1. The van der Waals surface area contributed by atoms with Crippen LogP contribution >= 0.6 is 11.3 Å². The molecule has 25 heavy (non-hydrogen) atoms. The number of hydrogen-bond acceptors (Lipinski definition) is 5. The van der Waals surface area contributed by atoms with Crippen LogP contribution in [0.3, 0.4) is 0 Å². The van der Waals surface area contributed by atoms with E-state index < -0.39 is 5.63 Å². The summed E-state index contributed by atoms with van der Waals surface area (Å²) in [7, 11) is 0. The van der Waals surface area contributed by atoms with Gasteiger partial charge in [-0.15, -0.1) is 11.3 Å². The zero-order chi connectivity index (χ0) is 17.8. The highest BCUT2D eigenvalue weighted by atomic mass is 32.1. The number of allylic oxidation sites excluding steroid dienone is 1. The van der Waals surface area contributed by atoms with Gasteiger partial charge in [0.05, 0.1) is 0 Å². The van der Waals surface area contributed by atoms with Crippen LogP contribution in [0.1, 0.15) is 29.1 Å². The first-order valence-electron chi connectivity index (χ1n) is 8.21. The minimum absolute atomic E-state index is 0.0518. The summed E-state index contributed by atoms with van der Waals surface area (Å²) in [6.07, 6.45) is 3.12. The molecule has 0 atom stereocenters. The molecule has 128 valence electrons. The molecular weight excluding hydrogens is 334 g/mol. The highest BCUT2D eigenvalue weighted by Crippen LogP contribution is 2.22. The fraction of sp³-hybridized carbons (Fsp3) is 0.200. The molecule has 2 aromatic heterocycles. The van der Waals surface area contributed by atoms with E-state index in [1.54, 1.807) is 12.1 Å². The van der Waals surface area contributed by atoms with Crippen LogP contribution < -0.4 is 10.5 Å². The van der Waals surface area contributed by atoms with Gasteiger partial charge < -0.3 is 9.32 Å². The molecule has 0 amide bonds. The third-order valence-corrected chi connectivity index (χ3v) is 4.89. The van der Waals surface area contributed by atoms with Gasteiger partial charge in [-0.3, -0.25) is 4.79 Å². The Hall–Kier alpha value is -2.66. The lowest BCUT2D eigenvalue weighted by Gasteiger charge is -2.20. The number of fused-ring (bicyclic) bond motifs is 1. The van der Waals surface area contributed by atoms with Crippen molar-refractivity contribution >= 4 is 39.9 Å². The molecule has 0 fully saturated rings. The second-order valence-electron chi connectivity index (χ2n) is 5.55. The number of benzene rings is 1. The van der Waals surface area contributed by atoms with Gasteiger partial charge in [0.15, 0.2) is 5.78 Å². The third-order valence-electron chi connectivity index (χ3n) is 4.06. The van der Waals surface area contributed by atoms with E-state index in [9.17, 15) is 9.59 Å². The van der Waals surface area contributed by atoms with Gasteiger partial charge in [0, 0.05) is 35.1 Å². The van der Waals surface area contributed by atoms with Crippen molar-refractivity contribution in [3.05, 3.63) is 68.7 Å². The number of nitrogens with zero attached hydrogens (tertiary/aromatic N) is 1. The van der Waals surface area contributed by atoms with Crippen LogP contribution in [0.5, 0.6) is 0 Å². The van der Waals surface area contributed by atoms with Gasteiger partial charge in [0.2, 0.25) is 0 Å². The van der Waals surface area contributed by atoms with E-state index in [1.807, 2.05) is 35.7 Å². The highest BCUT2D eigenvalue weighted by molar-refractivity contribution is 7.10. The monoisotopic (exact) mass is 353 g/mol. The van der Waals surface area contributed by atoms with Crippen LogP contribution in [-0.2, 0) is 0 Å². The maximum absolute atomic E-state index is 12.3. The quantitative estimate of drug-likeness (QED) is 0.369. The molecular formula is C20H19NO3S. The van der Waals surface area contributed by atoms with E-state index >= 15 is 0 Å². The number of carbonyl (C=O) groups is 1. The standard InChI is InChI=1S/C20H19NO3S/c1-3-21(4-2)15-8-7-14-12-17(20(23)24-19(14)13-15)18(22)10-9-16-6-5-11-25-16/h5-13H,3-4H2,1-2H3. The van der Waals surface area contributed by atoms with E-state index in [4.69, 9.17) is 4.42 Å². The zero-order valence-corrected chi connectivity index (χ0v) is 15.0. The average molecular weight is 353 g/mol. The van der Waals surface area contributed by atoms with Crippen LogP contribution in [0.25, 0.3) is 17.0 Å². The molecule has 0 saturated carbocycles. The largest absolute Gasteiger partial charge is 0.422 e. The summed E-state index contributed by atoms with van der Waals surface area (Å²) in [5.41, 5.74) is 0.937. The molecule has 0 bridgehead atoms. The first-order valence-corrected chi connectivity index (χ1v) is 9.09. The third kappa shape index (κ3) is 3.72. The second-order valence-corrected chi connectivity index (χ2v) is 6.53. The highest BCUT2D eigenvalue weighted by Gasteiger charge is 2.12. The van der Waals surface area contributed by atoms with Gasteiger partial charge >= 0.3 is 5.63 Å². The number of carbonyl (C=O) groups excluding carboxylic acids is 1. The summed E-state index contributed by atoms with van der Waals surface area (Å²) < 4.78 is 5.40. The lowest BCUT2D eigenvalue weighted by atomic mass is 10.1. The Labute approximate surface area is 150 Å². The molecule has 0 radical (unpaired) electrons. The first kappa shape index (κ1) is 17.2. The maximum Gasteiger partial charge on any atom is 0.347 e. The maximum atomic E-state index is 12.3. The predicted octanol–water partition coefficient (Wildman–Crippen LogP) is 4.60. The van der Waals surface area contributed by atoms with Crippen molar-refractivity contribution < 1.29 is 9.21 Å². The van der Waals surface area contributed by atoms with E-state index in [0.717, 1.165) is 29.0 Å². The molecule has 5 heteroatoms. The number of thiophene rings is 1. The number of hydrogen-bond donors (Lipinski definition) is 0. The Bertz CT molecular complexity index is 966. The Morgan fingerprint density at radius 3 is 2.68 bits per heavy atom. The average Bonchev–Trinajstić information content (AvgIpc) is 3.13. The van der Waals surface area contributed by atoms with Crippen molar-refractivity contribution in [2.24, 2.45) is 0 Å². The van der Waals surface area contributed by atoms with Crippen molar-refractivity contribution in [1.82, 2.24) is 0 Å². The van der Waals surface area contributed by atoms with E-state index in [1.165, 1.54) is 17.4 Å². The molecule has 3 aromatic rings. The Morgan fingerprint density at radius 1 is 1.20 bits per heavy atom. The van der Waals surface area contributed by atoms with Crippen molar-refractivity contribution in [1.29, 1.82) is 0 Å². The normalized spacial score (nSPS) is 11.3. The molecule has 3 rings (SSSR count). The minimum atomic E-state index is -0.606. The van der Waals surface area contributed by atoms with Crippen molar-refractivity contribution in [2.75, 3.05) is 18.0 Å². The summed E-state index contributed by atoms with van der Waals surface area (Å²) in [5, 5.41) is 2.67. The molecule has 0 aliphatic rings. The van der Waals surface area contributed by atoms with E-state index in [0.29, 0.717) is 5.58 Å². The van der Waals surface area contributed by atoms with E-state index in [-0.39, 0.29) is 11.3 Å². The predicted molar refractivity (Wildman–Crippen MR) is 104 cm³/mol. The van der Waals surface area contributed by atoms with E-state index in [2.05, 4.69) is 18.7 Å². The van der Waals surface area contributed by atoms with Gasteiger partial charge in [-0.25, -0.2) is 4.79 Å². The molecule has 0 N–H and O–H groups in total. The smallest absolute Gasteiger partial charge is 0.347 e. The van der Waals surface area contributed by atoms with Crippen molar-refractivity contribution in [2.45, 2.75) is 13.8 Å². The number of ketones is 1. The topological polar surface area (TPSA) is 50.5 Å². The molecule has 4 nitrogen and oxygen atoms in total. The molecule has 1 aromatic carbocycles. The molecule has 0 aliphatic heterocycles. The van der Waals surface area contributed by atoms with Crippen LogP contribution in [0, 0.1) is 0 Å². The van der Waals surface area contributed by atoms with Gasteiger partial charge in [-0.05, 0) is 55.6 Å². The first-order chi connectivity index (χ1) is 12.1. The Morgan fingerprint density at radius 2 is 2.00 bits per heavy atom. The summed E-state index contributed by atoms with van der Waals surface area (Å²) in [6, 6.07) is 11.1. The molecule has 0 spiro atoms. The Kier molecular flexibility index (Phi) is 5.14. The molecule has 0 unspecified atom stereocenters. The van der Waals surface area contributed by atoms with Gasteiger partial charge in [-0.2, -0.15) is 0 Å². The van der Waals surface area contributed by atoms with Gasteiger partial charge in [0.25, 0.3) is 0 Å². The van der Waals surface area contributed by atoms with Crippen LogP contribution in [0.4, 0.5) is 5.69 Å². The molecule has 2 heterocycles. The summed E-state index contributed by atoms with van der Waals surface area (Å²) in [6.45, 7) is 5.89. The van der Waals surface area contributed by atoms with Gasteiger partial charge in [0.1, 0.15) is 11.1 Å². The lowest BCUT2D eigenvalue weighted by Crippen LogP contribution is -2.21. The molecule has 0 aliphatic carbocycles. The number of rotatable bonds is 6. The summed E-state index contributed by atoms with van der Waals surface area (Å²) >= 11 is 1.53. The second kappa shape index (κ2) is 7.49. The van der Waals surface area contributed by atoms with Crippen LogP contribution in [0.15, 0.2) is 57.1 Å². The molecule has 0 saturated heterocycles. The number of anilines is 1. The summed E-state index contributed by atoms with van der Waals surface area (Å²) in [5.74, 6) is -0.350. The fourth-order valence-corrected chi connectivity index (χ4v) is 3.31. The lowest BCUT2D eigenvalue weighted by molar-refractivity contribution is 0.104.